The van der Waals surface area contributed by atoms with Crippen molar-refractivity contribution in [1.29, 1.82) is 0 Å². The van der Waals surface area contributed by atoms with Gasteiger partial charge in [0.05, 0.1) is 12.8 Å². The first kappa shape index (κ1) is 19.9. The Bertz CT molecular complexity index is 1030. The fourth-order valence-corrected chi connectivity index (χ4v) is 2.50. The van der Waals surface area contributed by atoms with Crippen LogP contribution in [0.15, 0.2) is 57.3 Å². The predicted molar refractivity (Wildman–Crippen MR) is 110 cm³/mol. The fourth-order valence-electron chi connectivity index (χ4n) is 2.50. The van der Waals surface area contributed by atoms with Crippen LogP contribution in [0.25, 0.3) is 0 Å². The first-order valence-corrected chi connectivity index (χ1v) is 8.97. The highest BCUT2D eigenvalue weighted by Gasteiger charge is 2.10. The van der Waals surface area contributed by atoms with Crippen molar-refractivity contribution in [2.45, 2.75) is 20.5 Å². The first-order valence-electron chi connectivity index (χ1n) is 8.97. The van der Waals surface area contributed by atoms with Crippen molar-refractivity contribution in [3.8, 4) is 11.5 Å². The van der Waals surface area contributed by atoms with E-state index in [0.717, 1.165) is 11.1 Å². The standard InChI is InChI=1S/C20H22N6O3/c1-3-27-17-10-14(11-23-24-19(21)18-20(22)26-29-25-18)8-9-16(17)28-12-15-7-5-4-6-13(15)2/h4-11H,3,12H2,1-2H3,(H2,21,24)(H2,22,26)/b23-11-. The minimum atomic E-state index is 0.00298. The molecule has 0 saturated heterocycles. The minimum absolute atomic E-state index is 0.00298. The Hall–Kier alpha value is -3.88. The summed E-state index contributed by atoms with van der Waals surface area (Å²) < 4.78 is 16.1. The zero-order chi connectivity index (χ0) is 20.6. The third kappa shape index (κ3) is 5.10. The van der Waals surface area contributed by atoms with Gasteiger partial charge in [-0.1, -0.05) is 24.3 Å². The molecule has 3 aromatic rings. The molecule has 4 N–H and O–H groups in total. The quantitative estimate of drug-likeness (QED) is 0.341. The lowest BCUT2D eigenvalue weighted by atomic mass is 10.1. The van der Waals surface area contributed by atoms with E-state index in [-0.39, 0.29) is 17.3 Å². The van der Waals surface area contributed by atoms with Crippen LogP contribution in [0.1, 0.15) is 29.3 Å². The van der Waals surface area contributed by atoms with Gasteiger partial charge in [-0.25, -0.2) is 4.63 Å². The van der Waals surface area contributed by atoms with Gasteiger partial charge >= 0.3 is 0 Å². The maximum atomic E-state index is 5.96. The van der Waals surface area contributed by atoms with Crippen molar-refractivity contribution in [3.63, 3.8) is 0 Å². The number of benzene rings is 2. The first-order chi connectivity index (χ1) is 14.1. The van der Waals surface area contributed by atoms with E-state index in [9.17, 15) is 0 Å². The van der Waals surface area contributed by atoms with Crippen LogP contribution >= 0.6 is 0 Å². The van der Waals surface area contributed by atoms with Gasteiger partial charge < -0.3 is 20.9 Å². The Kier molecular flexibility index (Phi) is 6.41. The number of aromatic nitrogens is 2. The number of hydrogen-bond acceptors (Lipinski definition) is 8. The molecule has 0 amide bonds. The second-order valence-electron chi connectivity index (χ2n) is 6.08. The van der Waals surface area contributed by atoms with Crippen molar-refractivity contribution in [2.24, 2.45) is 15.9 Å². The zero-order valence-corrected chi connectivity index (χ0v) is 16.2. The normalized spacial score (nSPS) is 11.7. The molecular formula is C20H22N6O3. The molecule has 0 fully saturated rings. The van der Waals surface area contributed by atoms with Crippen LogP contribution in [-0.4, -0.2) is 29.0 Å². The number of nitrogens with two attached hydrogens (primary N) is 2. The molecular weight excluding hydrogens is 372 g/mol. The van der Waals surface area contributed by atoms with Crippen LogP contribution < -0.4 is 20.9 Å². The summed E-state index contributed by atoms with van der Waals surface area (Å²) >= 11 is 0. The molecule has 0 saturated carbocycles. The molecule has 150 valence electrons. The molecule has 0 unspecified atom stereocenters. The molecule has 0 spiro atoms. The predicted octanol–water partition coefficient (Wildman–Crippen LogP) is 2.68. The Labute approximate surface area is 168 Å². The van der Waals surface area contributed by atoms with Gasteiger partial charge in [0.25, 0.3) is 0 Å². The van der Waals surface area contributed by atoms with Gasteiger partial charge in [0.1, 0.15) is 6.61 Å². The zero-order valence-electron chi connectivity index (χ0n) is 16.2. The van der Waals surface area contributed by atoms with Crippen molar-refractivity contribution in [1.82, 2.24) is 10.3 Å². The Morgan fingerprint density at radius 1 is 1.14 bits per heavy atom. The number of amidine groups is 1. The third-order valence-electron chi connectivity index (χ3n) is 4.04. The smallest absolute Gasteiger partial charge is 0.199 e. The van der Waals surface area contributed by atoms with E-state index in [2.05, 4.69) is 38.1 Å². The van der Waals surface area contributed by atoms with Crippen LogP contribution in [0.4, 0.5) is 5.82 Å². The average Bonchev–Trinajstić information content (AvgIpc) is 3.14. The maximum absolute atomic E-state index is 5.96. The van der Waals surface area contributed by atoms with E-state index in [1.54, 1.807) is 0 Å². The van der Waals surface area contributed by atoms with E-state index in [0.29, 0.717) is 24.7 Å². The number of hydrogen-bond donors (Lipinski definition) is 2. The average molecular weight is 394 g/mol. The molecule has 29 heavy (non-hydrogen) atoms. The summed E-state index contributed by atoms with van der Waals surface area (Å²) in [6.45, 7) is 4.92. The van der Waals surface area contributed by atoms with Crippen LogP contribution in [-0.2, 0) is 6.61 Å². The second kappa shape index (κ2) is 9.36. The number of anilines is 1. The fraction of sp³-hybridized carbons (Fsp3) is 0.200. The molecule has 0 atom stereocenters. The highest BCUT2D eigenvalue weighted by Crippen LogP contribution is 2.29. The lowest BCUT2D eigenvalue weighted by Crippen LogP contribution is -2.15. The summed E-state index contributed by atoms with van der Waals surface area (Å²) in [5.74, 6) is 1.32. The van der Waals surface area contributed by atoms with Crippen LogP contribution in [0.5, 0.6) is 11.5 Å². The van der Waals surface area contributed by atoms with Gasteiger partial charge in [0.2, 0.25) is 0 Å². The summed E-state index contributed by atoms with van der Waals surface area (Å²) in [6.07, 6.45) is 1.53. The largest absolute Gasteiger partial charge is 0.490 e. The maximum Gasteiger partial charge on any atom is 0.199 e. The second-order valence-corrected chi connectivity index (χ2v) is 6.08. The van der Waals surface area contributed by atoms with Gasteiger partial charge in [-0.15, -0.1) is 5.10 Å². The van der Waals surface area contributed by atoms with Crippen molar-refractivity contribution < 1.29 is 14.1 Å². The van der Waals surface area contributed by atoms with Gasteiger partial charge in [-0.05, 0) is 59.1 Å². The molecule has 2 aromatic carbocycles. The van der Waals surface area contributed by atoms with E-state index < -0.39 is 0 Å². The lowest BCUT2D eigenvalue weighted by Gasteiger charge is -2.13. The van der Waals surface area contributed by atoms with Crippen LogP contribution in [0.3, 0.4) is 0 Å². The van der Waals surface area contributed by atoms with Crippen LogP contribution in [0, 0.1) is 6.92 Å². The molecule has 0 aliphatic heterocycles. The van der Waals surface area contributed by atoms with Gasteiger partial charge in [-0.2, -0.15) is 5.10 Å². The minimum Gasteiger partial charge on any atom is -0.490 e. The highest BCUT2D eigenvalue weighted by atomic mass is 16.6. The van der Waals surface area contributed by atoms with Gasteiger partial charge in [0, 0.05) is 0 Å². The van der Waals surface area contributed by atoms with E-state index >= 15 is 0 Å². The van der Waals surface area contributed by atoms with E-state index in [1.165, 1.54) is 11.8 Å². The highest BCUT2D eigenvalue weighted by molar-refractivity contribution is 5.99. The number of nitrogen functional groups attached to an aromatic ring is 1. The number of rotatable bonds is 8. The topological polar surface area (TPSA) is 134 Å². The van der Waals surface area contributed by atoms with Gasteiger partial charge in [-0.3, -0.25) is 0 Å². The van der Waals surface area contributed by atoms with Gasteiger partial charge in [0.15, 0.2) is 28.8 Å². The molecule has 0 bridgehead atoms. The van der Waals surface area contributed by atoms with Crippen molar-refractivity contribution in [3.05, 3.63) is 64.8 Å². The summed E-state index contributed by atoms with van der Waals surface area (Å²) in [5, 5.41) is 14.8. The molecule has 0 radical (unpaired) electrons. The SMILES string of the molecule is CCOc1cc(/C=N\N=C(\N)c2nonc2N)ccc1OCc1ccccc1C. The molecule has 3 rings (SSSR count). The Morgan fingerprint density at radius 2 is 1.97 bits per heavy atom. The molecule has 9 nitrogen and oxygen atoms in total. The van der Waals surface area contributed by atoms with Crippen LogP contribution in [0.2, 0.25) is 0 Å². The molecule has 1 heterocycles. The third-order valence-corrected chi connectivity index (χ3v) is 4.04. The molecule has 0 aliphatic rings. The monoisotopic (exact) mass is 394 g/mol. The summed E-state index contributed by atoms with van der Waals surface area (Å²) in [4.78, 5) is 0. The summed E-state index contributed by atoms with van der Waals surface area (Å²) in [5.41, 5.74) is 14.5. The number of ether oxygens (including phenoxy) is 2. The number of aryl methyl sites for hydroxylation is 1. The summed E-state index contributed by atoms with van der Waals surface area (Å²) in [7, 11) is 0. The van der Waals surface area contributed by atoms with E-state index in [4.69, 9.17) is 20.9 Å². The molecule has 9 heteroatoms. The van der Waals surface area contributed by atoms with Crippen molar-refractivity contribution >= 4 is 17.9 Å². The number of nitrogens with zero attached hydrogens (tertiary/aromatic N) is 4. The Morgan fingerprint density at radius 3 is 2.69 bits per heavy atom. The molecule has 1 aromatic heterocycles. The Balaban J connectivity index is 1.73. The lowest BCUT2D eigenvalue weighted by molar-refractivity contribution is 0.269. The molecule has 0 aliphatic carbocycles. The van der Waals surface area contributed by atoms with E-state index in [1.807, 2.05) is 43.3 Å². The van der Waals surface area contributed by atoms with Crippen molar-refractivity contribution in [2.75, 3.05) is 12.3 Å². The summed E-state index contributed by atoms with van der Waals surface area (Å²) in [6, 6.07) is 13.6.